The molecule has 8 heteroatoms. The van der Waals surface area contributed by atoms with Crippen molar-refractivity contribution in [1.29, 1.82) is 0 Å². The van der Waals surface area contributed by atoms with Crippen molar-refractivity contribution in [3.05, 3.63) is 17.8 Å². The molecule has 1 aliphatic heterocycles. The average Bonchev–Trinajstić information content (AvgIpc) is 2.38. The lowest BCUT2D eigenvalue weighted by atomic mass is 10.1. The summed E-state index contributed by atoms with van der Waals surface area (Å²) in [7, 11) is 0. The number of nitrogens with one attached hydrogen (secondary N) is 1. The number of aromatic carboxylic acids is 1. The number of hydrogen-bond acceptors (Lipinski definition) is 6. The van der Waals surface area contributed by atoms with Crippen molar-refractivity contribution in [2.45, 2.75) is 19.4 Å². The van der Waals surface area contributed by atoms with Gasteiger partial charge in [-0.2, -0.15) is 0 Å². The maximum Gasteiger partial charge on any atom is 0.354 e. The summed E-state index contributed by atoms with van der Waals surface area (Å²) < 4.78 is 0. The number of nitrogen functional groups attached to an aromatic ring is 1. The molecule has 1 atom stereocenters. The van der Waals surface area contributed by atoms with Crippen LogP contribution in [0.15, 0.2) is 12.1 Å². The highest BCUT2D eigenvalue weighted by Crippen LogP contribution is 2.25. The molecule has 20 heavy (non-hydrogen) atoms. The van der Waals surface area contributed by atoms with Crippen LogP contribution in [0, 0.1) is 0 Å². The van der Waals surface area contributed by atoms with E-state index in [1.165, 1.54) is 17.0 Å². The Morgan fingerprint density at radius 1 is 1.55 bits per heavy atom. The van der Waals surface area contributed by atoms with Crippen LogP contribution >= 0.6 is 0 Å². The lowest BCUT2D eigenvalue weighted by molar-refractivity contribution is -0.132. The number of aromatic nitrogens is 1. The van der Waals surface area contributed by atoms with Gasteiger partial charge < -0.3 is 15.7 Å². The molecule has 4 N–H and O–H groups in total. The highest BCUT2D eigenvalue weighted by Gasteiger charge is 2.34. The van der Waals surface area contributed by atoms with Crippen LogP contribution < -0.4 is 16.0 Å². The van der Waals surface area contributed by atoms with Gasteiger partial charge in [0.1, 0.15) is 6.04 Å². The topological polar surface area (TPSA) is 126 Å². The van der Waals surface area contributed by atoms with Crippen LogP contribution in [0.3, 0.4) is 0 Å². The predicted octanol–water partition coefficient (Wildman–Crippen LogP) is -0.397. The fraction of sp³-hybridized carbons (Fsp3) is 0.333. The van der Waals surface area contributed by atoms with Gasteiger partial charge in [0.05, 0.1) is 12.2 Å². The summed E-state index contributed by atoms with van der Waals surface area (Å²) in [6.07, 6.45) is 0.442. The molecular weight excluding hydrogens is 264 g/mol. The van der Waals surface area contributed by atoms with Crippen molar-refractivity contribution in [2.75, 3.05) is 17.2 Å². The molecule has 1 aromatic heterocycles. The highest BCUT2D eigenvalue weighted by molar-refractivity contribution is 6.05. The number of anilines is 2. The number of carbonyl (C=O) groups excluding carboxylic acids is 2. The number of pyridine rings is 1. The van der Waals surface area contributed by atoms with Crippen LogP contribution in [0.25, 0.3) is 0 Å². The van der Waals surface area contributed by atoms with Crippen LogP contribution in [-0.2, 0) is 9.59 Å². The lowest BCUT2D eigenvalue weighted by Crippen LogP contribution is -2.58. The van der Waals surface area contributed by atoms with E-state index in [4.69, 9.17) is 10.8 Å². The zero-order valence-corrected chi connectivity index (χ0v) is 10.8. The van der Waals surface area contributed by atoms with Crippen molar-refractivity contribution in [2.24, 2.45) is 0 Å². The molecule has 8 nitrogen and oxygen atoms in total. The van der Waals surface area contributed by atoms with Gasteiger partial charge in [-0.05, 0) is 18.6 Å². The number of nitrogens with two attached hydrogens (primary N) is 1. The molecule has 0 aromatic carbocycles. The second-order valence-corrected chi connectivity index (χ2v) is 4.38. The van der Waals surface area contributed by atoms with Crippen LogP contribution in [-0.4, -0.2) is 40.5 Å². The molecule has 1 aromatic rings. The van der Waals surface area contributed by atoms with Crippen molar-refractivity contribution in [3.63, 3.8) is 0 Å². The number of rotatable bonds is 3. The second-order valence-electron chi connectivity index (χ2n) is 4.38. The molecule has 2 heterocycles. The summed E-state index contributed by atoms with van der Waals surface area (Å²) in [5, 5.41) is 11.2. The lowest BCUT2D eigenvalue weighted by Gasteiger charge is -2.34. The Morgan fingerprint density at radius 2 is 2.25 bits per heavy atom. The molecule has 0 saturated carbocycles. The van der Waals surface area contributed by atoms with E-state index < -0.39 is 23.8 Å². The van der Waals surface area contributed by atoms with Gasteiger partial charge >= 0.3 is 5.97 Å². The molecule has 2 amide bonds. The molecule has 0 spiro atoms. The Balaban J connectivity index is 2.46. The Hall–Kier alpha value is -2.64. The van der Waals surface area contributed by atoms with Crippen LogP contribution in [0.4, 0.5) is 11.5 Å². The number of imide groups is 1. The summed E-state index contributed by atoms with van der Waals surface area (Å²) in [5.41, 5.74) is 5.81. The van der Waals surface area contributed by atoms with Gasteiger partial charge in [-0.25, -0.2) is 9.78 Å². The zero-order valence-electron chi connectivity index (χ0n) is 10.8. The molecule has 1 fully saturated rings. The van der Waals surface area contributed by atoms with Crippen LogP contribution in [0.1, 0.15) is 23.8 Å². The van der Waals surface area contributed by atoms with Gasteiger partial charge in [-0.15, -0.1) is 0 Å². The Labute approximate surface area is 114 Å². The Bertz CT molecular complexity index is 587. The van der Waals surface area contributed by atoms with E-state index in [9.17, 15) is 14.4 Å². The summed E-state index contributed by atoms with van der Waals surface area (Å²) in [4.78, 5) is 39.6. The van der Waals surface area contributed by atoms with E-state index in [1.54, 1.807) is 6.92 Å². The minimum Gasteiger partial charge on any atom is -0.477 e. The summed E-state index contributed by atoms with van der Waals surface area (Å²) >= 11 is 0. The van der Waals surface area contributed by atoms with E-state index >= 15 is 0 Å². The van der Waals surface area contributed by atoms with Gasteiger partial charge in [-0.3, -0.25) is 14.9 Å². The third-order valence-corrected chi connectivity index (χ3v) is 3.04. The van der Waals surface area contributed by atoms with Crippen LogP contribution in [0.5, 0.6) is 0 Å². The average molecular weight is 278 g/mol. The third-order valence-electron chi connectivity index (χ3n) is 3.04. The van der Waals surface area contributed by atoms with Crippen LogP contribution in [0.2, 0.25) is 0 Å². The van der Waals surface area contributed by atoms with Crippen molar-refractivity contribution >= 4 is 29.3 Å². The molecule has 0 radical (unpaired) electrons. The molecular formula is C12H14N4O4. The van der Waals surface area contributed by atoms with Crippen molar-refractivity contribution in [1.82, 2.24) is 10.3 Å². The minimum atomic E-state index is -1.20. The number of carboxylic acid groups (broad SMARTS) is 1. The standard InChI is InChI=1S/C12H14N4O4/c1-2-8-11(18)15-9(17)5-16(8)10-6(13)3-4-7(14-10)12(19)20/h3-4,8H,2,5,13H2,1H3,(H,19,20)(H,15,17,18). The van der Waals surface area contributed by atoms with E-state index in [0.29, 0.717) is 6.42 Å². The quantitative estimate of drug-likeness (QED) is 0.642. The first-order valence-electron chi connectivity index (χ1n) is 6.04. The van der Waals surface area contributed by atoms with Gasteiger partial charge in [0.2, 0.25) is 11.8 Å². The number of nitrogens with zero attached hydrogens (tertiary/aromatic N) is 2. The van der Waals surface area contributed by atoms with E-state index in [2.05, 4.69) is 10.3 Å². The molecule has 1 saturated heterocycles. The first-order valence-corrected chi connectivity index (χ1v) is 6.04. The number of hydrogen-bond donors (Lipinski definition) is 3. The monoisotopic (exact) mass is 278 g/mol. The second kappa shape index (κ2) is 5.16. The van der Waals surface area contributed by atoms with Gasteiger partial charge in [0.15, 0.2) is 11.5 Å². The Morgan fingerprint density at radius 3 is 2.85 bits per heavy atom. The Kier molecular flexibility index (Phi) is 3.55. The van der Waals surface area contributed by atoms with Gasteiger partial charge in [0, 0.05) is 0 Å². The molecule has 106 valence electrons. The predicted molar refractivity (Wildman–Crippen MR) is 70.2 cm³/mol. The number of carbonyl (C=O) groups is 3. The number of piperazine rings is 1. The summed E-state index contributed by atoms with van der Waals surface area (Å²) in [6.45, 7) is 1.69. The molecule has 0 aliphatic carbocycles. The fourth-order valence-electron chi connectivity index (χ4n) is 2.10. The highest BCUT2D eigenvalue weighted by atomic mass is 16.4. The zero-order chi connectivity index (χ0) is 14.9. The molecule has 0 bridgehead atoms. The molecule has 1 unspecified atom stereocenters. The molecule has 1 aliphatic rings. The SMILES string of the molecule is CCC1C(=O)NC(=O)CN1c1nc(C(=O)O)ccc1N. The van der Waals surface area contributed by atoms with Crippen molar-refractivity contribution in [3.8, 4) is 0 Å². The summed E-state index contributed by atoms with van der Waals surface area (Å²) in [5.74, 6) is -1.97. The van der Waals surface area contributed by atoms with E-state index in [0.717, 1.165) is 0 Å². The van der Waals surface area contributed by atoms with Crippen molar-refractivity contribution < 1.29 is 19.5 Å². The maximum absolute atomic E-state index is 11.8. The fourth-order valence-corrected chi connectivity index (χ4v) is 2.10. The van der Waals surface area contributed by atoms with E-state index in [-0.39, 0.29) is 23.7 Å². The first-order chi connectivity index (χ1) is 9.43. The third kappa shape index (κ3) is 2.40. The number of amides is 2. The normalized spacial score (nSPS) is 18.9. The molecule has 2 rings (SSSR count). The first kappa shape index (κ1) is 13.8. The largest absolute Gasteiger partial charge is 0.477 e. The van der Waals surface area contributed by atoms with Gasteiger partial charge in [-0.1, -0.05) is 6.92 Å². The van der Waals surface area contributed by atoms with Gasteiger partial charge in [0.25, 0.3) is 0 Å². The van der Waals surface area contributed by atoms with E-state index in [1.807, 2.05) is 0 Å². The maximum atomic E-state index is 11.8. The number of carboxylic acids is 1. The minimum absolute atomic E-state index is 0.0927. The smallest absolute Gasteiger partial charge is 0.354 e. The summed E-state index contributed by atoms with van der Waals surface area (Å²) in [6, 6.07) is 2.07.